The van der Waals surface area contributed by atoms with E-state index in [2.05, 4.69) is 11.9 Å². The van der Waals surface area contributed by atoms with Crippen molar-refractivity contribution in [3.8, 4) is 5.75 Å². The third-order valence-electron chi connectivity index (χ3n) is 2.56. The molecule has 1 aliphatic rings. The molecule has 1 heterocycles. The fraction of sp³-hybridized carbons (Fsp3) is 0.462. The third-order valence-corrected chi connectivity index (χ3v) is 3.68. The summed E-state index contributed by atoms with van der Waals surface area (Å²) in [5.41, 5.74) is 0.908. The zero-order valence-corrected chi connectivity index (χ0v) is 11.0. The van der Waals surface area contributed by atoms with Gasteiger partial charge < -0.3 is 9.47 Å². The Balaban J connectivity index is 1.99. The molecular weight excluding hydrogens is 234 g/mol. The van der Waals surface area contributed by atoms with E-state index in [0.717, 1.165) is 23.3 Å². The molecule has 2 rings (SSSR count). The molecule has 1 aliphatic heterocycles. The molecule has 0 aromatic heterocycles. The summed E-state index contributed by atoms with van der Waals surface area (Å²) in [6.07, 6.45) is 2.38. The van der Waals surface area contributed by atoms with Crippen LogP contribution in [-0.4, -0.2) is 24.2 Å². The quantitative estimate of drug-likeness (QED) is 0.819. The zero-order chi connectivity index (χ0) is 12.1. The number of nitrogens with zero attached hydrogens (tertiary/aromatic N) is 1. The first-order valence-electron chi connectivity index (χ1n) is 5.84. The van der Waals surface area contributed by atoms with Crippen LogP contribution in [0, 0.1) is 0 Å². The van der Waals surface area contributed by atoms with Crippen molar-refractivity contribution in [3.05, 3.63) is 24.3 Å². The Morgan fingerprint density at radius 3 is 2.82 bits per heavy atom. The second-order valence-electron chi connectivity index (χ2n) is 3.92. The van der Waals surface area contributed by atoms with Crippen LogP contribution in [0.3, 0.4) is 0 Å². The lowest BCUT2D eigenvalue weighted by molar-refractivity contribution is 0.323. The van der Waals surface area contributed by atoms with Crippen molar-refractivity contribution in [1.29, 1.82) is 0 Å². The van der Waals surface area contributed by atoms with E-state index in [0.29, 0.717) is 5.25 Å². The highest BCUT2D eigenvalue weighted by atomic mass is 32.2. The number of hydrogen-bond acceptors (Lipinski definition) is 4. The second kappa shape index (κ2) is 5.96. The molecule has 17 heavy (non-hydrogen) atoms. The summed E-state index contributed by atoms with van der Waals surface area (Å²) in [7, 11) is 1.66. The summed E-state index contributed by atoms with van der Waals surface area (Å²) in [4.78, 5) is 4.47. The van der Waals surface area contributed by atoms with E-state index in [1.54, 1.807) is 18.9 Å². The molecule has 0 aliphatic carbocycles. The van der Waals surface area contributed by atoms with Gasteiger partial charge in [-0.25, -0.2) is 4.99 Å². The fourth-order valence-electron chi connectivity index (χ4n) is 1.66. The minimum Gasteiger partial charge on any atom is -0.497 e. The van der Waals surface area contributed by atoms with Crippen molar-refractivity contribution in [2.24, 2.45) is 4.99 Å². The number of aliphatic imine (C=N–C) groups is 1. The van der Waals surface area contributed by atoms with Crippen molar-refractivity contribution in [2.75, 3.05) is 13.7 Å². The van der Waals surface area contributed by atoms with Crippen molar-refractivity contribution in [3.63, 3.8) is 0 Å². The Morgan fingerprint density at radius 2 is 2.18 bits per heavy atom. The van der Waals surface area contributed by atoms with Crippen molar-refractivity contribution in [2.45, 2.75) is 25.0 Å². The summed E-state index contributed by atoms with van der Waals surface area (Å²) >= 11 is 1.74. The van der Waals surface area contributed by atoms with E-state index in [1.807, 2.05) is 24.3 Å². The molecule has 1 unspecified atom stereocenters. The van der Waals surface area contributed by atoms with E-state index < -0.39 is 0 Å². The van der Waals surface area contributed by atoms with Gasteiger partial charge >= 0.3 is 0 Å². The van der Waals surface area contributed by atoms with Crippen LogP contribution in [0.2, 0.25) is 0 Å². The van der Waals surface area contributed by atoms with Gasteiger partial charge in [-0.15, -0.1) is 0 Å². The number of rotatable bonds is 4. The molecule has 0 amide bonds. The molecule has 0 saturated carbocycles. The average molecular weight is 251 g/mol. The minimum atomic E-state index is 0.567. The smallest absolute Gasteiger partial charge is 0.251 e. The van der Waals surface area contributed by atoms with Crippen molar-refractivity contribution >= 4 is 22.7 Å². The zero-order valence-electron chi connectivity index (χ0n) is 10.2. The normalized spacial score (nSPS) is 21.5. The monoisotopic (exact) mass is 251 g/mol. The summed E-state index contributed by atoms with van der Waals surface area (Å²) in [6, 6.07) is 7.68. The molecule has 1 saturated heterocycles. The molecule has 1 fully saturated rings. The molecular formula is C13H17NO2S. The highest BCUT2D eigenvalue weighted by Crippen LogP contribution is 2.29. The van der Waals surface area contributed by atoms with Gasteiger partial charge in [0.1, 0.15) is 12.4 Å². The van der Waals surface area contributed by atoms with Crippen LogP contribution in [0.25, 0.3) is 0 Å². The number of thioether (sulfide) groups is 1. The third kappa shape index (κ3) is 3.40. The SMILES string of the molecule is CCCC1COC(=Nc2ccc(OC)cc2)S1. The molecule has 92 valence electrons. The Labute approximate surface area is 106 Å². The van der Waals surface area contributed by atoms with Gasteiger partial charge in [0.05, 0.1) is 12.8 Å². The summed E-state index contributed by atoms with van der Waals surface area (Å²) in [6.45, 7) is 2.98. The van der Waals surface area contributed by atoms with Gasteiger partial charge in [0.2, 0.25) is 0 Å². The van der Waals surface area contributed by atoms with E-state index in [4.69, 9.17) is 9.47 Å². The summed E-state index contributed by atoms with van der Waals surface area (Å²) < 4.78 is 10.7. The lowest BCUT2D eigenvalue weighted by atomic mass is 10.3. The number of hydrogen-bond donors (Lipinski definition) is 0. The predicted molar refractivity (Wildman–Crippen MR) is 72.3 cm³/mol. The molecule has 1 aromatic carbocycles. The topological polar surface area (TPSA) is 30.8 Å². The fourth-order valence-corrected chi connectivity index (χ4v) is 2.73. The maximum atomic E-state index is 5.56. The van der Waals surface area contributed by atoms with Gasteiger partial charge in [-0.3, -0.25) is 0 Å². The largest absolute Gasteiger partial charge is 0.497 e. The Hall–Kier alpha value is -1.16. The lowest BCUT2D eigenvalue weighted by Gasteiger charge is -2.00. The van der Waals surface area contributed by atoms with E-state index in [1.165, 1.54) is 12.8 Å². The first-order valence-corrected chi connectivity index (χ1v) is 6.72. The number of ether oxygens (including phenoxy) is 2. The average Bonchev–Trinajstić information content (AvgIpc) is 2.78. The molecule has 3 nitrogen and oxygen atoms in total. The number of methoxy groups -OCH3 is 1. The van der Waals surface area contributed by atoms with Gasteiger partial charge in [0.25, 0.3) is 5.23 Å². The van der Waals surface area contributed by atoms with Crippen LogP contribution >= 0.6 is 11.8 Å². The Bertz CT molecular complexity index is 389. The predicted octanol–water partition coefficient (Wildman–Crippen LogP) is 3.61. The van der Waals surface area contributed by atoms with Gasteiger partial charge in [-0.05, 0) is 30.7 Å². The van der Waals surface area contributed by atoms with Gasteiger partial charge in [-0.1, -0.05) is 25.1 Å². The molecule has 0 N–H and O–H groups in total. The van der Waals surface area contributed by atoms with Gasteiger partial charge in [0, 0.05) is 5.25 Å². The van der Waals surface area contributed by atoms with Gasteiger partial charge in [0.15, 0.2) is 0 Å². The summed E-state index contributed by atoms with van der Waals surface area (Å²) in [5.74, 6) is 0.845. The van der Waals surface area contributed by atoms with Crippen LogP contribution < -0.4 is 4.74 Å². The molecule has 0 spiro atoms. The molecule has 4 heteroatoms. The van der Waals surface area contributed by atoms with E-state index in [-0.39, 0.29) is 0 Å². The van der Waals surface area contributed by atoms with Crippen LogP contribution in [-0.2, 0) is 4.74 Å². The standard InChI is InChI=1S/C13H17NO2S/c1-3-4-12-9-16-13(17-12)14-10-5-7-11(15-2)8-6-10/h5-8,12H,3-4,9H2,1-2H3. The van der Waals surface area contributed by atoms with Gasteiger partial charge in [-0.2, -0.15) is 0 Å². The Kier molecular flexibility index (Phi) is 4.31. The molecule has 1 atom stereocenters. The second-order valence-corrected chi connectivity index (χ2v) is 5.17. The van der Waals surface area contributed by atoms with Crippen LogP contribution in [0.15, 0.2) is 29.3 Å². The van der Waals surface area contributed by atoms with Crippen LogP contribution in [0.4, 0.5) is 5.69 Å². The first kappa shape index (κ1) is 12.3. The highest BCUT2D eigenvalue weighted by Gasteiger charge is 2.22. The van der Waals surface area contributed by atoms with Crippen LogP contribution in [0.1, 0.15) is 19.8 Å². The summed E-state index contributed by atoms with van der Waals surface area (Å²) in [5, 5.41) is 1.35. The molecule has 0 radical (unpaired) electrons. The maximum Gasteiger partial charge on any atom is 0.251 e. The maximum absolute atomic E-state index is 5.56. The molecule has 1 aromatic rings. The van der Waals surface area contributed by atoms with Crippen molar-refractivity contribution < 1.29 is 9.47 Å². The van der Waals surface area contributed by atoms with E-state index in [9.17, 15) is 0 Å². The Morgan fingerprint density at radius 1 is 1.41 bits per heavy atom. The van der Waals surface area contributed by atoms with Crippen molar-refractivity contribution in [1.82, 2.24) is 0 Å². The highest BCUT2D eigenvalue weighted by molar-refractivity contribution is 8.14. The number of benzene rings is 1. The first-order chi connectivity index (χ1) is 8.31. The molecule has 0 bridgehead atoms. The van der Waals surface area contributed by atoms with E-state index >= 15 is 0 Å². The lowest BCUT2D eigenvalue weighted by Crippen LogP contribution is -2.00. The van der Waals surface area contributed by atoms with Crippen LogP contribution in [0.5, 0.6) is 5.75 Å². The minimum absolute atomic E-state index is 0.567.